The summed E-state index contributed by atoms with van der Waals surface area (Å²) in [5, 5.41) is 2.81. The van der Waals surface area contributed by atoms with Crippen LogP contribution in [0.4, 0.5) is 30.6 Å². The van der Waals surface area contributed by atoms with Crippen LogP contribution in [0, 0.1) is 0 Å². The molecule has 0 atom stereocenters. The van der Waals surface area contributed by atoms with E-state index in [0.717, 1.165) is 29.5 Å². The Balaban J connectivity index is 1.97. The van der Waals surface area contributed by atoms with Crippen LogP contribution < -0.4 is 16.8 Å². The van der Waals surface area contributed by atoms with E-state index < -0.39 is 11.7 Å². The quantitative estimate of drug-likeness (QED) is 0.633. The second-order valence-corrected chi connectivity index (χ2v) is 5.76. The lowest BCUT2D eigenvalue weighted by Crippen LogP contribution is -2.08. The molecule has 0 aliphatic heterocycles. The highest BCUT2D eigenvalue weighted by Gasteiger charge is 2.30. The van der Waals surface area contributed by atoms with Gasteiger partial charge in [0.1, 0.15) is 17.5 Å². The predicted molar refractivity (Wildman–Crippen MR) is 97.2 cm³/mol. The van der Waals surface area contributed by atoms with Gasteiger partial charge in [-0.05, 0) is 48.9 Å². The van der Waals surface area contributed by atoms with Crippen LogP contribution in [0.2, 0.25) is 0 Å². The Morgan fingerprint density at radius 2 is 1.74 bits per heavy atom. The molecule has 0 amide bonds. The van der Waals surface area contributed by atoms with Gasteiger partial charge in [-0.2, -0.15) is 13.2 Å². The highest BCUT2D eigenvalue weighted by molar-refractivity contribution is 5.68. The number of anilines is 3. The molecule has 3 aromatic heterocycles. The summed E-state index contributed by atoms with van der Waals surface area (Å²) >= 11 is 0. The Labute approximate surface area is 153 Å². The van der Waals surface area contributed by atoms with E-state index in [1.165, 1.54) is 0 Å². The zero-order valence-electron chi connectivity index (χ0n) is 14.2. The summed E-state index contributed by atoms with van der Waals surface area (Å²) in [7, 11) is 0. The Hall–Kier alpha value is -3.20. The lowest BCUT2D eigenvalue weighted by Gasteiger charge is -2.13. The van der Waals surface area contributed by atoms with Crippen LogP contribution in [0.5, 0.6) is 0 Å². The highest BCUT2D eigenvalue weighted by atomic mass is 19.4. The molecule has 0 aliphatic carbocycles. The van der Waals surface area contributed by atoms with Gasteiger partial charge >= 0.3 is 6.18 Å². The minimum Gasteiger partial charge on any atom is -0.384 e. The first kappa shape index (κ1) is 18.6. The summed E-state index contributed by atoms with van der Waals surface area (Å²) in [5.41, 5.74) is 12.9. The molecule has 0 unspecified atom stereocenters. The Bertz CT molecular complexity index is 942. The second kappa shape index (κ2) is 7.58. The van der Waals surface area contributed by atoms with Gasteiger partial charge < -0.3 is 16.8 Å². The van der Waals surface area contributed by atoms with Gasteiger partial charge in [-0.1, -0.05) is 6.07 Å². The monoisotopic (exact) mass is 374 g/mol. The van der Waals surface area contributed by atoms with Crippen LogP contribution in [0.15, 0.2) is 48.8 Å². The van der Waals surface area contributed by atoms with Crippen molar-refractivity contribution in [2.75, 3.05) is 17.6 Å². The topological polar surface area (TPSA) is 103 Å². The largest absolute Gasteiger partial charge is 0.416 e. The van der Waals surface area contributed by atoms with Crippen molar-refractivity contribution in [3.63, 3.8) is 0 Å². The highest BCUT2D eigenvalue weighted by Crippen LogP contribution is 2.31. The van der Waals surface area contributed by atoms with Crippen LogP contribution in [0.3, 0.4) is 0 Å². The van der Waals surface area contributed by atoms with E-state index in [-0.39, 0.29) is 5.82 Å². The average molecular weight is 374 g/mol. The first-order valence-corrected chi connectivity index (χ1v) is 8.09. The maximum Gasteiger partial charge on any atom is 0.416 e. The van der Waals surface area contributed by atoms with Crippen molar-refractivity contribution < 1.29 is 13.2 Å². The Morgan fingerprint density at radius 1 is 0.963 bits per heavy atom. The zero-order chi connectivity index (χ0) is 19.4. The van der Waals surface area contributed by atoms with Gasteiger partial charge in [0.2, 0.25) is 0 Å². The number of alkyl halides is 3. The summed E-state index contributed by atoms with van der Waals surface area (Å²) < 4.78 is 38.6. The SMILES string of the molecule is NCCc1ccc(Nc2cc(C(F)(F)F)ccn2)nc1-c1ccnc(N)c1. The molecule has 0 aromatic carbocycles. The van der Waals surface area contributed by atoms with Gasteiger partial charge in [-0.15, -0.1) is 0 Å². The normalized spacial score (nSPS) is 11.4. The average Bonchev–Trinajstić information content (AvgIpc) is 2.63. The van der Waals surface area contributed by atoms with Crippen molar-refractivity contribution in [2.45, 2.75) is 12.6 Å². The van der Waals surface area contributed by atoms with E-state index in [4.69, 9.17) is 11.5 Å². The van der Waals surface area contributed by atoms with E-state index in [2.05, 4.69) is 20.3 Å². The van der Waals surface area contributed by atoms with Crippen LogP contribution in [0.1, 0.15) is 11.1 Å². The minimum atomic E-state index is -4.45. The molecule has 0 aliphatic rings. The fraction of sp³-hybridized carbons (Fsp3) is 0.167. The number of hydrogen-bond donors (Lipinski definition) is 3. The van der Waals surface area contributed by atoms with E-state index in [9.17, 15) is 13.2 Å². The molecule has 0 radical (unpaired) electrons. The number of halogens is 3. The molecule has 3 rings (SSSR count). The second-order valence-electron chi connectivity index (χ2n) is 5.76. The van der Waals surface area contributed by atoms with Gasteiger partial charge in [-0.25, -0.2) is 15.0 Å². The molecule has 0 saturated carbocycles. The third-order valence-electron chi connectivity index (χ3n) is 3.79. The van der Waals surface area contributed by atoms with Crippen molar-refractivity contribution in [1.29, 1.82) is 0 Å². The molecule has 140 valence electrons. The summed E-state index contributed by atoms with van der Waals surface area (Å²) in [6.45, 7) is 0.428. The lowest BCUT2D eigenvalue weighted by atomic mass is 10.0. The van der Waals surface area contributed by atoms with Gasteiger partial charge in [0, 0.05) is 18.0 Å². The Kier molecular flexibility index (Phi) is 5.22. The van der Waals surface area contributed by atoms with Gasteiger partial charge in [0.15, 0.2) is 0 Å². The molecular weight excluding hydrogens is 357 g/mol. The number of nitrogens with one attached hydrogen (secondary N) is 1. The van der Waals surface area contributed by atoms with E-state index in [1.54, 1.807) is 24.4 Å². The summed E-state index contributed by atoms with van der Waals surface area (Å²) in [5.74, 6) is 0.739. The third-order valence-corrected chi connectivity index (χ3v) is 3.79. The fourth-order valence-electron chi connectivity index (χ4n) is 2.57. The van der Waals surface area contributed by atoms with Crippen molar-refractivity contribution in [3.8, 4) is 11.3 Å². The fourth-order valence-corrected chi connectivity index (χ4v) is 2.57. The van der Waals surface area contributed by atoms with E-state index in [1.807, 2.05) is 6.07 Å². The van der Waals surface area contributed by atoms with Gasteiger partial charge in [-0.3, -0.25) is 0 Å². The molecule has 27 heavy (non-hydrogen) atoms. The number of nitrogens with two attached hydrogens (primary N) is 2. The third kappa shape index (κ3) is 4.50. The summed E-state index contributed by atoms with van der Waals surface area (Å²) in [6.07, 6.45) is -1.20. The number of pyridine rings is 3. The molecule has 0 fully saturated rings. The van der Waals surface area contributed by atoms with Crippen LogP contribution in [-0.2, 0) is 12.6 Å². The summed E-state index contributed by atoms with van der Waals surface area (Å²) in [6, 6.07) is 8.76. The number of aromatic nitrogens is 3. The zero-order valence-corrected chi connectivity index (χ0v) is 14.2. The molecule has 9 heteroatoms. The number of nitrogens with zero attached hydrogens (tertiary/aromatic N) is 3. The first-order valence-electron chi connectivity index (χ1n) is 8.09. The molecule has 0 spiro atoms. The number of hydrogen-bond acceptors (Lipinski definition) is 6. The maximum atomic E-state index is 12.9. The minimum absolute atomic E-state index is 0.0455. The molecule has 0 bridgehead atoms. The van der Waals surface area contributed by atoms with Crippen LogP contribution in [0.25, 0.3) is 11.3 Å². The van der Waals surface area contributed by atoms with Crippen LogP contribution in [-0.4, -0.2) is 21.5 Å². The molecule has 3 heterocycles. The first-order chi connectivity index (χ1) is 12.9. The van der Waals surface area contributed by atoms with Crippen molar-refractivity contribution in [2.24, 2.45) is 5.73 Å². The maximum absolute atomic E-state index is 12.9. The molecule has 0 saturated heterocycles. The van der Waals surface area contributed by atoms with E-state index in [0.29, 0.717) is 30.3 Å². The van der Waals surface area contributed by atoms with Gasteiger partial charge in [0.05, 0.1) is 11.3 Å². The molecule has 3 aromatic rings. The number of rotatable bonds is 5. The standard InChI is InChI=1S/C18H17F3N6/c19-18(20,21)13-5-8-25-16(10-13)26-15-2-1-11(3-6-22)17(27-15)12-4-7-24-14(23)9-12/h1-2,4-5,7-10H,3,6,22H2,(H2,23,24)(H,25,26,27). The molecule has 6 nitrogen and oxygen atoms in total. The van der Waals surface area contributed by atoms with Crippen molar-refractivity contribution >= 4 is 17.5 Å². The van der Waals surface area contributed by atoms with Crippen molar-refractivity contribution in [1.82, 2.24) is 15.0 Å². The van der Waals surface area contributed by atoms with E-state index >= 15 is 0 Å². The summed E-state index contributed by atoms with van der Waals surface area (Å²) in [4.78, 5) is 12.4. The van der Waals surface area contributed by atoms with Crippen LogP contribution >= 0.6 is 0 Å². The van der Waals surface area contributed by atoms with Gasteiger partial charge in [0.25, 0.3) is 0 Å². The van der Waals surface area contributed by atoms with Crippen molar-refractivity contribution in [3.05, 3.63) is 59.9 Å². The Morgan fingerprint density at radius 3 is 2.44 bits per heavy atom. The molecular formula is C18H17F3N6. The number of nitrogen functional groups attached to an aromatic ring is 1. The predicted octanol–water partition coefficient (Wildman–Crippen LogP) is 3.38. The smallest absolute Gasteiger partial charge is 0.384 e. The lowest BCUT2D eigenvalue weighted by molar-refractivity contribution is -0.137. The molecule has 5 N–H and O–H groups in total.